The number of carboxylic acids is 1. The molecule has 6 heteroatoms. The van der Waals surface area contributed by atoms with Crippen molar-refractivity contribution < 1.29 is 14.6 Å². The zero-order valence-corrected chi connectivity index (χ0v) is 9.04. The first-order valence-corrected chi connectivity index (χ1v) is 5.40. The Morgan fingerprint density at radius 3 is 3.06 bits per heavy atom. The van der Waals surface area contributed by atoms with Gasteiger partial charge in [0.2, 0.25) is 0 Å². The van der Waals surface area contributed by atoms with E-state index in [2.05, 4.69) is 9.97 Å². The summed E-state index contributed by atoms with van der Waals surface area (Å²) in [7, 11) is 0. The number of hydrogen-bond acceptors (Lipinski definition) is 4. The molecule has 17 heavy (non-hydrogen) atoms. The lowest BCUT2D eigenvalue weighted by Crippen LogP contribution is -2.30. The van der Waals surface area contributed by atoms with Crippen molar-refractivity contribution in [2.24, 2.45) is 0 Å². The number of fused-ring (bicyclic) bond motifs is 1. The van der Waals surface area contributed by atoms with E-state index in [1.807, 2.05) is 4.57 Å². The first-order chi connectivity index (χ1) is 8.24. The van der Waals surface area contributed by atoms with Crippen LogP contribution in [0.4, 0.5) is 0 Å². The molecule has 88 valence electrons. The van der Waals surface area contributed by atoms with E-state index in [1.54, 1.807) is 12.5 Å². The number of aromatic carboxylic acids is 1. The van der Waals surface area contributed by atoms with E-state index in [-0.39, 0.29) is 11.8 Å². The molecule has 0 radical (unpaired) electrons. The highest BCUT2D eigenvalue weighted by Crippen LogP contribution is 2.18. The van der Waals surface area contributed by atoms with Crippen LogP contribution in [0.1, 0.15) is 16.9 Å². The van der Waals surface area contributed by atoms with Crippen molar-refractivity contribution in [3.8, 4) is 0 Å². The molecule has 1 unspecified atom stereocenters. The number of carboxylic acid groups (broad SMARTS) is 1. The highest BCUT2D eigenvalue weighted by Gasteiger charge is 2.19. The average molecular weight is 233 g/mol. The van der Waals surface area contributed by atoms with Gasteiger partial charge < -0.3 is 14.4 Å². The van der Waals surface area contributed by atoms with Gasteiger partial charge in [0.05, 0.1) is 36.2 Å². The lowest BCUT2D eigenvalue weighted by atomic mass is 10.2. The van der Waals surface area contributed by atoms with E-state index < -0.39 is 5.97 Å². The van der Waals surface area contributed by atoms with Crippen LogP contribution in [-0.4, -0.2) is 38.3 Å². The van der Waals surface area contributed by atoms with E-state index >= 15 is 0 Å². The van der Waals surface area contributed by atoms with E-state index in [0.29, 0.717) is 5.52 Å². The number of nitrogens with zero attached hydrogens (tertiary/aromatic N) is 3. The molecule has 3 rings (SSSR count). The molecule has 0 aromatic carbocycles. The van der Waals surface area contributed by atoms with Gasteiger partial charge in [-0.2, -0.15) is 0 Å². The Labute approximate surface area is 96.9 Å². The highest BCUT2D eigenvalue weighted by atomic mass is 16.5. The topological polar surface area (TPSA) is 77.2 Å². The zero-order chi connectivity index (χ0) is 11.8. The summed E-state index contributed by atoms with van der Waals surface area (Å²) in [6, 6.07) is 1.48. The van der Waals surface area contributed by atoms with Crippen LogP contribution in [-0.2, 0) is 11.3 Å². The summed E-state index contributed by atoms with van der Waals surface area (Å²) in [5.74, 6) is -1.04. The molecule has 2 aromatic heterocycles. The summed E-state index contributed by atoms with van der Waals surface area (Å²) < 4.78 is 7.29. The van der Waals surface area contributed by atoms with E-state index in [0.717, 1.165) is 25.1 Å². The van der Waals surface area contributed by atoms with Crippen LogP contribution < -0.4 is 0 Å². The predicted molar refractivity (Wildman–Crippen MR) is 58.8 cm³/mol. The van der Waals surface area contributed by atoms with E-state index in [9.17, 15) is 4.79 Å². The van der Waals surface area contributed by atoms with Gasteiger partial charge in [-0.15, -0.1) is 0 Å². The Morgan fingerprint density at radius 1 is 1.59 bits per heavy atom. The van der Waals surface area contributed by atoms with Crippen molar-refractivity contribution in [2.45, 2.75) is 19.1 Å². The maximum absolute atomic E-state index is 10.8. The van der Waals surface area contributed by atoms with Crippen LogP contribution in [0, 0.1) is 0 Å². The number of ether oxygens (including phenoxy) is 1. The van der Waals surface area contributed by atoms with Crippen LogP contribution in [0.15, 0.2) is 18.6 Å². The van der Waals surface area contributed by atoms with E-state index in [4.69, 9.17) is 9.84 Å². The monoisotopic (exact) mass is 233 g/mol. The minimum absolute atomic E-state index is 0.0163. The second kappa shape index (κ2) is 3.81. The van der Waals surface area contributed by atoms with Gasteiger partial charge in [-0.3, -0.25) is 0 Å². The number of aromatic nitrogens is 3. The molecule has 1 aliphatic heterocycles. The van der Waals surface area contributed by atoms with Gasteiger partial charge in [0.1, 0.15) is 5.69 Å². The Bertz CT molecular complexity index is 574. The number of imidazole rings is 1. The molecule has 1 fully saturated rings. The maximum atomic E-state index is 10.8. The summed E-state index contributed by atoms with van der Waals surface area (Å²) >= 11 is 0. The summed E-state index contributed by atoms with van der Waals surface area (Å²) in [5.41, 5.74) is 1.50. The third-order valence-corrected chi connectivity index (χ3v) is 2.92. The third-order valence-electron chi connectivity index (χ3n) is 2.92. The molecular weight excluding hydrogens is 222 g/mol. The molecule has 1 saturated heterocycles. The zero-order valence-electron chi connectivity index (χ0n) is 9.04. The van der Waals surface area contributed by atoms with Crippen molar-refractivity contribution in [1.29, 1.82) is 0 Å². The summed E-state index contributed by atoms with van der Waals surface area (Å²) in [4.78, 5) is 18.8. The second-order valence-electron chi connectivity index (χ2n) is 4.04. The van der Waals surface area contributed by atoms with Crippen molar-refractivity contribution >= 4 is 17.0 Å². The fourth-order valence-corrected chi connectivity index (χ4v) is 1.87. The van der Waals surface area contributed by atoms with Crippen LogP contribution >= 0.6 is 0 Å². The minimum Gasteiger partial charge on any atom is -0.477 e. The Hall–Kier alpha value is -1.95. The van der Waals surface area contributed by atoms with Gasteiger partial charge in [-0.05, 0) is 12.5 Å². The molecule has 1 aliphatic rings. The number of hydrogen-bond donors (Lipinski definition) is 1. The molecule has 0 spiro atoms. The minimum atomic E-state index is -1.04. The first kappa shape index (κ1) is 10.2. The number of carbonyl (C=O) groups is 1. The molecule has 6 nitrogen and oxygen atoms in total. The van der Waals surface area contributed by atoms with Crippen LogP contribution in [0.25, 0.3) is 11.0 Å². The van der Waals surface area contributed by atoms with Crippen molar-refractivity contribution in [3.63, 3.8) is 0 Å². The van der Waals surface area contributed by atoms with Gasteiger partial charge in [-0.1, -0.05) is 0 Å². The second-order valence-corrected chi connectivity index (χ2v) is 4.04. The molecule has 0 bridgehead atoms. The van der Waals surface area contributed by atoms with Crippen molar-refractivity contribution in [2.75, 3.05) is 6.61 Å². The SMILES string of the molecule is O=C(O)c1cc2ncn(CC3CCO3)c2cn1. The maximum Gasteiger partial charge on any atom is 0.354 e. The molecular formula is C11H11N3O3. The fourth-order valence-electron chi connectivity index (χ4n) is 1.87. The average Bonchev–Trinajstić information content (AvgIpc) is 2.65. The number of pyridine rings is 1. The molecule has 0 saturated carbocycles. The largest absolute Gasteiger partial charge is 0.477 e. The standard InChI is InChI=1S/C11H11N3O3/c15-11(16)9-3-8-10(4-12-9)14(6-13-8)5-7-1-2-17-7/h3-4,6-7H,1-2,5H2,(H,15,16). The highest BCUT2D eigenvalue weighted by molar-refractivity contribution is 5.89. The van der Waals surface area contributed by atoms with E-state index in [1.165, 1.54) is 6.07 Å². The first-order valence-electron chi connectivity index (χ1n) is 5.40. The Balaban J connectivity index is 1.95. The third kappa shape index (κ3) is 1.76. The lowest BCUT2D eigenvalue weighted by Gasteiger charge is -2.26. The molecule has 2 aromatic rings. The summed E-state index contributed by atoms with van der Waals surface area (Å²) in [5, 5.41) is 8.83. The Morgan fingerprint density at radius 2 is 2.41 bits per heavy atom. The molecule has 0 aliphatic carbocycles. The molecule has 3 heterocycles. The number of rotatable bonds is 3. The molecule has 1 atom stereocenters. The smallest absolute Gasteiger partial charge is 0.354 e. The summed E-state index contributed by atoms with van der Waals surface area (Å²) in [6.45, 7) is 1.56. The normalized spacial score (nSPS) is 19.2. The van der Waals surface area contributed by atoms with Gasteiger partial charge >= 0.3 is 5.97 Å². The fraction of sp³-hybridized carbons (Fsp3) is 0.364. The van der Waals surface area contributed by atoms with Gasteiger partial charge in [-0.25, -0.2) is 14.8 Å². The molecule has 0 amide bonds. The Kier molecular flexibility index (Phi) is 2.29. The van der Waals surface area contributed by atoms with Crippen LogP contribution in [0.2, 0.25) is 0 Å². The summed E-state index contributed by atoms with van der Waals surface area (Å²) in [6.07, 6.45) is 4.54. The molecule has 1 N–H and O–H groups in total. The van der Waals surface area contributed by atoms with Crippen LogP contribution in [0.3, 0.4) is 0 Å². The van der Waals surface area contributed by atoms with Crippen molar-refractivity contribution in [3.05, 3.63) is 24.3 Å². The van der Waals surface area contributed by atoms with Crippen LogP contribution in [0.5, 0.6) is 0 Å². The van der Waals surface area contributed by atoms with Gasteiger partial charge in [0, 0.05) is 6.61 Å². The van der Waals surface area contributed by atoms with Gasteiger partial charge in [0.25, 0.3) is 0 Å². The lowest BCUT2D eigenvalue weighted by molar-refractivity contribution is -0.0586. The quantitative estimate of drug-likeness (QED) is 0.852. The van der Waals surface area contributed by atoms with Crippen molar-refractivity contribution in [1.82, 2.24) is 14.5 Å². The predicted octanol–water partition coefficient (Wildman–Crippen LogP) is 0.918. The van der Waals surface area contributed by atoms with Gasteiger partial charge in [0.15, 0.2) is 0 Å².